The highest BCUT2D eigenvalue weighted by atomic mass is 16.3. The molecule has 1 saturated heterocycles. The van der Waals surface area contributed by atoms with Crippen molar-refractivity contribution in [3.63, 3.8) is 0 Å². The van der Waals surface area contributed by atoms with E-state index >= 15 is 0 Å². The lowest BCUT2D eigenvalue weighted by Crippen LogP contribution is -2.43. The number of hydrogen-bond donors (Lipinski definition) is 0. The molecule has 1 aromatic carbocycles. The van der Waals surface area contributed by atoms with Gasteiger partial charge in [0.25, 0.3) is 0 Å². The summed E-state index contributed by atoms with van der Waals surface area (Å²) in [7, 11) is 0. The third-order valence-corrected chi connectivity index (χ3v) is 4.00. The van der Waals surface area contributed by atoms with E-state index < -0.39 is 0 Å². The molecule has 0 spiro atoms. The van der Waals surface area contributed by atoms with Gasteiger partial charge in [-0.25, -0.2) is 0 Å². The molecule has 1 aliphatic rings. The molecular formula is C18H23N3O. The zero-order chi connectivity index (χ0) is 15.4. The molecule has 2 heterocycles. The topological polar surface area (TPSA) is 32.0 Å². The van der Waals surface area contributed by atoms with Crippen LogP contribution in [0.3, 0.4) is 0 Å². The summed E-state index contributed by atoms with van der Waals surface area (Å²) in [5.74, 6) is 1.98. The average Bonchev–Trinajstić information content (AvgIpc) is 2.99. The molecule has 22 heavy (non-hydrogen) atoms. The van der Waals surface area contributed by atoms with Crippen molar-refractivity contribution in [2.24, 2.45) is 5.10 Å². The maximum atomic E-state index is 6.00. The van der Waals surface area contributed by atoms with Crippen molar-refractivity contribution >= 4 is 6.21 Å². The second-order valence-electron chi connectivity index (χ2n) is 5.74. The zero-order valence-electron chi connectivity index (χ0n) is 13.3. The van der Waals surface area contributed by atoms with Gasteiger partial charge in [0.15, 0.2) is 0 Å². The van der Waals surface area contributed by atoms with Crippen LogP contribution >= 0.6 is 0 Å². The van der Waals surface area contributed by atoms with Gasteiger partial charge in [0.2, 0.25) is 0 Å². The van der Waals surface area contributed by atoms with E-state index in [4.69, 9.17) is 4.42 Å². The Kier molecular flexibility index (Phi) is 4.59. The molecular weight excluding hydrogens is 274 g/mol. The van der Waals surface area contributed by atoms with E-state index in [0.717, 1.165) is 49.8 Å². The van der Waals surface area contributed by atoms with Crippen molar-refractivity contribution < 1.29 is 4.42 Å². The van der Waals surface area contributed by atoms with Crippen molar-refractivity contribution in [3.05, 3.63) is 47.7 Å². The third-order valence-electron chi connectivity index (χ3n) is 4.00. The first-order chi connectivity index (χ1) is 10.7. The lowest BCUT2D eigenvalue weighted by molar-refractivity contribution is 0.125. The second-order valence-corrected chi connectivity index (χ2v) is 5.74. The first-order valence-corrected chi connectivity index (χ1v) is 7.86. The van der Waals surface area contributed by atoms with Crippen LogP contribution in [0.4, 0.5) is 0 Å². The standard InChI is InChI=1S/C18H23N3O/c1-3-19-21-12-10-20(11-13-21)14-17-8-9-18(22-17)16-6-4-15(2)5-7-16/h3-9H,10-14H2,1-2H3/b19-3-. The van der Waals surface area contributed by atoms with Crippen molar-refractivity contribution in [3.8, 4) is 11.3 Å². The van der Waals surface area contributed by atoms with Crippen molar-refractivity contribution in [2.45, 2.75) is 20.4 Å². The smallest absolute Gasteiger partial charge is 0.134 e. The summed E-state index contributed by atoms with van der Waals surface area (Å²) >= 11 is 0. The average molecular weight is 297 g/mol. The molecule has 1 aromatic heterocycles. The van der Waals surface area contributed by atoms with Crippen LogP contribution in [0.25, 0.3) is 11.3 Å². The maximum Gasteiger partial charge on any atom is 0.134 e. The highest BCUT2D eigenvalue weighted by Crippen LogP contribution is 2.23. The molecule has 4 heteroatoms. The molecule has 1 aliphatic heterocycles. The van der Waals surface area contributed by atoms with Crippen LogP contribution in [-0.2, 0) is 6.54 Å². The van der Waals surface area contributed by atoms with E-state index in [2.05, 4.69) is 58.3 Å². The van der Waals surface area contributed by atoms with Gasteiger partial charge < -0.3 is 4.42 Å². The largest absolute Gasteiger partial charge is 0.460 e. The van der Waals surface area contributed by atoms with Gasteiger partial charge >= 0.3 is 0 Å². The fraction of sp³-hybridized carbons (Fsp3) is 0.389. The van der Waals surface area contributed by atoms with Crippen LogP contribution in [0.1, 0.15) is 18.2 Å². The predicted octanol–water partition coefficient (Wildman–Crippen LogP) is 3.38. The lowest BCUT2D eigenvalue weighted by atomic mass is 10.1. The minimum atomic E-state index is 0.871. The fourth-order valence-electron chi connectivity index (χ4n) is 2.73. The van der Waals surface area contributed by atoms with Crippen LogP contribution in [0.2, 0.25) is 0 Å². The number of hydrogen-bond acceptors (Lipinski definition) is 4. The number of benzene rings is 1. The molecule has 0 radical (unpaired) electrons. The quantitative estimate of drug-likeness (QED) is 0.811. The van der Waals surface area contributed by atoms with E-state index in [1.54, 1.807) is 0 Å². The normalized spacial score (nSPS) is 16.5. The highest BCUT2D eigenvalue weighted by Gasteiger charge is 2.16. The minimum absolute atomic E-state index is 0.871. The van der Waals surface area contributed by atoms with E-state index in [1.165, 1.54) is 5.56 Å². The molecule has 1 fully saturated rings. The van der Waals surface area contributed by atoms with Crippen molar-refractivity contribution in [1.82, 2.24) is 9.91 Å². The molecule has 0 aliphatic carbocycles. The van der Waals surface area contributed by atoms with E-state index in [-0.39, 0.29) is 0 Å². The highest BCUT2D eigenvalue weighted by molar-refractivity contribution is 5.57. The van der Waals surface area contributed by atoms with Crippen LogP contribution in [0, 0.1) is 6.92 Å². The van der Waals surface area contributed by atoms with E-state index in [1.807, 2.05) is 13.1 Å². The molecule has 0 bridgehead atoms. The first kappa shape index (κ1) is 14.9. The van der Waals surface area contributed by atoms with Gasteiger partial charge in [-0.1, -0.05) is 29.8 Å². The van der Waals surface area contributed by atoms with Gasteiger partial charge in [-0.15, -0.1) is 0 Å². The van der Waals surface area contributed by atoms with Gasteiger partial charge in [-0.05, 0) is 26.0 Å². The maximum absolute atomic E-state index is 6.00. The summed E-state index contributed by atoms with van der Waals surface area (Å²) in [6.45, 7) is 8.94. The Hall–Kier alpha value is -2.07. The molecule has 2 aromatic rings. The molecule has 0 saturated carbocycles. The van der Waals surface area contributed by atoms with E-state index in [9.17, 15) is 0 Å². The molecule has 0 unspecified atom stereocenters. The Bertz CT molecular complexity index is 622. The number of rotatable bonds is 4. The Morgan fingerprint density at radius 2 is 1.77 bits per heavy atom. The van der Waals surface area contributed by atoms with Crippen molar-refractivity contribution in [1.29, 1.82) is 0 Å². The van der Waals surface area contributed by atoms with Gasteiger partial charge in [-0.3, -0.25) is 9.91 Å². The molecule has 0 N–H and O–H groups in total. The SMILES string of the molecule is C/C=N\N1CCN(Cc2ccc(-c3ccc(C)cc3)o2)CC1. The van der Waals surface area contributed by atoms with Crippen LogP contribution < -0.4 is 0 Å². The van der Waals surface area contributed by atoms with Gasteiger partial charge in [-0.2, -0.15) is 5.10 Å². The first-order valence-electron chi connectivity index (χ1n) is 7.86. The Balaban J connectivity index is 1.59. The van der Waals surface area contributed by atoms with Crippen molar-refractivity contribution in [2.75, 3.05) is 26.2 Å². The number of nitrogens with zero attached hydrogens (tertiary/aromatic N) is 3. The summed E-state index contributed by atoms with van der Waals surface area (Å²) < 4.78 is 6.00. The summed E-state index contributed by atoms with van der Waals surface area (Å²) in [4.78, 5) is 2.42. The van der Waals surface area contributed by atoms with Crippen LogP contribution in [0.5, 0.6) is 0 Å². The third kappa shape index (κ3) is 3.57. The zero-order valence-corrected chi connectivity index (χ0v) is 13.3. The lowest BCUT2D eigenvalue weighted by Gasteiger charge is -2.32. The minimum Gasteiger partial charge on any atom is -0.460 e. The molecule has 116 valence electrons. The van der Waals surface area contributed by atoms with Gasteiger partial charge in [0, 0.05) is 38.0 Å². The molecule has 3 rings (SSSR count). The summed E-state index contributed by atoms with van der Waals surface area (Å²) in [6, 6.07) is 12.6. The summed E-state index contributed by atoms with van der Waals surface area (Å²) in [5, 5.41) is 6.46. The van der Waals surface area contributed by atoms with Crippen LogP contribution in [-0.4, -0.2) is 42.3 Å². The fourth-order valence-corrected chi connectivity index (χ4v) is 2.73. The Labute approximate surface area is 132 Å². The van der Waals surface area contributed by atoms with Gasteiger partial charge in [0.05, 0.1) is 6.54 Å². The number of hydrazone groups is 1. The Morgan fingerprint density at radius 3 is 2.45 bits per heavy atom. The molecule has 0 amide bonds. The second kappa shape index (κ2) is 6.79. The Morgan fingerprint density at radius 1 is 1.05 bits per heavy atom. The summed E-state index contributed by atoms with van der Waals surface area (Å²) in [6.07, 6.45) is 1.86. The number of piperazine rings is 1. The van der Waals surface area contributed by atoms with E-state index in [0.29, 0.717) is 0 Å². The predicted molar refractivity (Wildman–Crippen MR) is 89.9 cm³/mol. The monoisotopic (exact) mass is 297 g/mol. The number of aryl methyl sites for hydroxylation is 1. The van der Waals surface area contributed by atoms with Crippen LogP contribution in [0.15, 0.2) is 45.9 Å². The number of furan rings is 1. The van der Waals surface area contributed by atoms with Gasteiger partial charge in [0.1, 0.15) is 11.5 Å². The summed E-state index contributed by atoms with van der Waals surface area (Å²) in [5.41, 5.74) is 2.40. The molecule has 0 atom stereocenters. The molecule has 4 nitrogen and oxygen atoms in total.